The normalized spacial score (nSPS) is 35.2. The van der Waals surface area contributed by atoms with Gasteiger partial charge in [0.2, 0.25) is 0 Å². The zero-order chi connectivity index (χ0) is 18.4. The van der Waals surface area contributed by atoms with Gasteiger partial charge in [0, 0.05) is 37.4 Å². The molecule has 0 radical (unpaired) electrons. The fourth-order valence-corrected chi connectivity index (χ4v) is 5.22. The van der Waals surface area contributed by atoms with E-state index in [0.717, 1.165) is 55.9 Å². The summed E-state index contributed by atoms with van der Waals surface area (Å²) < 4.78 is 6.00. The monoisotopic (exact) mass is 351 g/mol. The average molecular weight is 351 g/mol. The van der Waals surface area contributed by atoms with Gasteiger partial charge >= 0.3 is 5.97 Å². The smallest absolute Gasteiger partial charge is 0.303 e. The maximum absolute atomic E-state index is 12.1. The molecule has 2 bridgehead atoms. The summed E-state index contributed by atoms with van der Waals surface area (Å²) in [6, 6.07) is 10.4. The number of carbonyl (C=O) groups excluding carboxylic acids is 1. The lowest BCUT2D eigenvalue weighted by Crippen LogP contribution is -2.56. The highest BCUT2D eigenvalue weighted by Crippen LogP contribution is 2.52. The van der Waals surface area contributed by atoms with Gasteiger partial charge in [-0.3, -0.25) is 9.79 Å². The summed E-state index contributed by atoms with van der Waals surface area (Å²) in [6.07, 6.45) is 3.70. The van der Waals surface area contributed by atoms with Gasteiger partial charge in [-0.05, 0) is 31.9 Å². The third-order valence-electron chi connectivity index (χ3n) is 6.50. The van der Waals surface area contributed by atoms with Crippen LogP contribution < -0.4 is 0 Å². The maximum atomic E-state index is 12.1. The third kappa shape index (κ3) is 2.39. The molecule has 0 aliphatic carbocycles. The van der Waals surface area contributed by atoms with E-state index in [1.807, 2.05) is 24.3 Å². The minimum absolute atomic E-state index is 0.125. The largest absolute Gasteiger partial charge is 0.448 e. The van der Waals surface area contributed by atoms with Crippen molar-refractivity contribution in [3.05, 3.63) is 29.8 Å². The van der Waals surface area contributed by atoms with Crippen LogP contribution in [0.1, 0.15) is 45.1 Å². The van der Waals surface area contributed by atoms with Crippen LogP contribution in [0.25, 0.3) is 0 Å². The Balaban J connectivity index is 1.93. The Labute approximate surface area is 154 Å². The van der Waals surface area contributed by atoms with Crippen LogP contribution in [0.15, 0.2) is 29.3 Å². The highest BCUT2D eigenvalue weighted by atomic mass is 16.6. The van der Waals surface area contributed by atoms with Crippen LogP contribution in [0.3, 0.4) is 0 Å². The molecular weight excluding hydrogens is 326 g/mol. The van der Waals surface area contributed by atoms with Crippen molar-refractivity contribution < 1.29 is 9.53 Å². The summed E-state index contributed by atoms with van der Waals surface area (Å²) in [5.74, 6) is -0.667. The van der Waals surface area contributed by atoms with Gasteiger partial charge in [0.05, 0.1) is 23.4 Å². The Bertz CT molecular complexity index is 812. The molecule has 3 aliphatic rings. The van der Waals surface area contributed by atoms with Gasteiger partial charge in [0.1, 0.15) is 0 Å². The fraction of sp³-hybridized carbons (Fsp3) is 0.571. The van der Waals surface area contributed by atoms with Crippen LogP contribution in [-0.4, -0.2) is 36.2 Å². The Hall–Kier alpha value is -2.19. The van der Waals surface area contributed by atoms with Crippen LogP contribution in [0.2, 0.25) is 0 Å². The molecule has 0 aromatic heterocycles. The fourth-order valence-electron chi connectivity index (χ4n) is 5.22. The van der Waals surface area contributed by atoms with Crippen LogP contribution in [0.5, 0.6) is 0 Å². The van der Waals surface area contributed by atoms with Gasteiger partial charge in [-0.2, -0.15) is 5.26 Å². The number of benzene rings is 1. The average Bonchev–Trinajstić information content (AvgIpc) is 2.94. The molecule has 4 rings (SSSR count). The van der Waals surface area contributed by atoms with E-state index in [-0.39, 0.29) is 17.3 Å². The van der Waals surface area contributed by atoms with Crippen molar-refractivity contribution in [2.75, 3.05) is 19.6 Å². The zero-order valence-corrected chi connectivity index (χ0v) is 15.5. The number of para-hydroxylation sites is 1. The van der Waals surface area contributed by atoms with Crippen molar-refractivity contribution in [3.63, 3.8) is 0 Å². The van der Waals surface area contributed by atoms with Crippen molar-refractivity contribution in [1.82, 2.24) is 4.90 Å². The predicted octanol–water partition coefficient (Wildman–Crippen LogP) is 3.57. The maximum Gasteiger partial charge on any atom is 0.303 e. The Morgan fingerprint density at radius 3 is 2.92 bits per heavy atom. The number of nitriles is 1. The molecule has 3 aliphatic heterocycles. The molecule has 2 unspecified atom stereocenters. The lowest BCUT2D eigenvalue weighted by Gasteiger charge is -2.50. The van der Waals surface area contributed by atoms with E-state index >= 15 is 0 Å². The van der Waals surface area contributed by atoms with Crippen molar-refractivity contribution in [3.8, 4) is 6.07 Å². The van der Waals surface area contributed by atoms with Gasteiger partial charge in [0.15, 0.2) is 5.60 Å². The van der Waals surface area contributed by atoms with Gasteiger partial charge in [-0.1, -0.05) is 25.1 Å². The van der Waals surface area contributed by atoms with E-state index < -0.39 is 5.60 Å². The number of ether oxygens (including phenoxy) is 1. The molecule has 0 saturated carbocycles. The summed E-state index contributed by atoms with van der Waals surface area (Å²) >= 11 is 0. The lowest BCUT2D eigenvalue weighted by atomic mass is 9.62. The first-order valence-corrected chi connectivity index (χ1v) is 9.55. The first-order chi connectivity index (χ1) is 12.5. The summed E-state index contributed by atoms with van der Waals surface area (Å²) in [5, 5.41) is 10.2. The molecule has 5 heteroatoms. The number of nitrogens with zero attached hydrogens (tertiary/aromatic N) is 3. The third-order valence-corrected chi connectivity index (χ3v) is 6.50. The highest BCUT2D eigenvalue weighted by molar-refractivity contribution is 6.05. The number of carbonyl (C=O) groups is 1. The van der Waals surface area contributed by atoms with E-state index in [1.165, 1.54) is 6.92 Å². The van der Waals surface area contributed by atoms with Crippen LogP contribution in [-0.2, 0) is 15.1 Å². The summed E-state index contributed by atoms with van der Waals surface area (Å²) in [5.41, 5.74) is 1.48. The second kappa shape index (κ2) is 6.21. The first kappa shape index (κ1) is 17.2. The number of fused-ring (bicyclic) bond motifs is 5. The molecule has 0 spiro atoms. The molecule has 1 aromatic rings. The number of aliphatic imine (C=N–C) groups is 1. The molecule has 2 saturated heterocycles. The Morgan fingerprint density at radius 2 is 2.19 bits per heavy atom. The number of piperidine rings is 1. The Morgan fingerprint density at radius 1 is 1.38 bits per heavy atom. The molecule has 2 fully saturated rings. The summed E-state index contributed by atoms with van der Waals surface area (Å²) in [4.78, 5) is 19.4. The number of hydrogen-bond donors (Lipinski definition) is 0. The van der Waals surface area contributed by atoms with E-state index in [2.05, 4.69) is 17.9 Å². The van der Waals surface area contributed by atoms with Crippen LogP contribution in [0, 0.1) is 22.7 Å². The molecule has 4 atom stereocenters. The molecule has 0 N–H and O–H groups in total. The number of hydrogen-bond acceptors (Lipinski definition) is 5. The SMILES string of the molecule is CC[C@]12CCCN(CCC3(OC(C)=O)C(=Nc4ccccc43)[C@H]1C#N)C2. The van der Waals surface area contributed by atoms with Gasteiger partial charge in [0.25, 0.3) is 0 Å². The highest BCUT2D eigenvalue weighted by Gasteiger charge is 2.56. The lowest BCUT2D eigenvalue weighted by molar-refractivity contribution is -0.153. The van der Waals surface area contributed by atoms with Gasteiger partial charge in [-0.25, -0.2) is 0 Å². The van der Waals surface area contributed by atoms with Crippen LogP contribution >= 0.6 is 0 Å². The van der Waals surface area contributed by atoms with E-state index in [0.29, 0.717) is 6.42 Å². The topological polar surface area (TPSA) is 65.7 Å². The van der Waals surface area contributed by atoms with Crippen LogP contribution in [0.4, 0.5) is 5.69 Å². The molecule has 5 nitrogen and oxygen atoms in total. The van der Waals surface area contributed by atoms with Crippen molar-refractivity contribution in [1.29, 1.82) is 5.26 Å². The van der Waals surface area contributed by atoms with Crippen molar-refractivity contribution in [2.24, 2.45) is 16.3 Å². The second-order valence-corrected chi connectivity index (χ2v) is 7.84. The summed E-state index contributed by atoms with van der Waals surface area (Å²) in [6.45, 7) is 6.44. The molecule has 136 valence electrons. The van der Waals surface area contributed by atoms with Crippen molar-refractivity contribution in [2.45, 2.75) is 45.1 Å². The number of rotatable bonds is 2. The minimum atomic E-state index is -0.904. The molecular formula is C21H25N3O2. The minimum Gasteiger partial charge on any atom is -0.448 e. The Kier molecular flexibility index (Phi) is 4.11. The summed E-state index contributed by atoms with van der Waals surface area (Å²) in [7, 11) is 0. The zero-order valence-electron chi connectivity index (χ0n) is 15.5. The second-order valence-electron chi connectivity index (χ2n) is 7.84. The van der Waals surface area contributed by atoms with Crippen molar-refractivity contribution >= 4 is 17.4 Å². The predicted molar refractivity (Wildman–Crippen MR) is 99.1 cm³/mol. The van der Waals surface area contributed by atoms with Gasteiger partial charge in [-0.15, -0.1) is 0 Å². The van der Waals surface area contributed by atoms with E-state index in [4.69, 9.17) is 9.73 Å². The molecule has 0 amide bonds. The van der Waals surface area contributed by atoms with Gasteiger partial charge < -0.3 is 9.64 Å². The number of esters is 1. The molecule has 3 heterocycles. The van der Waals surface area contributed by atoms with E-state index in [9.17, 15) is 10.1 Å². The first-order valence-electron chi connectivity index (χ1n) is 9.55. The standard InChI is InChI=1S/C21H25N3O2/c1-3-20-9-6-11-24(14-20)12-10-21(26-15(2)25)16-7-4-5-8-18(16)23-19(21)17(20)13-22/h4-5,7-8,17H,3,6,9-12,14H2,1-2H3/t17-,20-,21?/m1/s1. The van der Waals surface area contributed by atoms with E-state index in [1.54, 1.807) is 0 Å². The molecule has 1 aromatic carbocycles. The molecule has 26 heavy (non-hydrogen) atoms. The quantitative estimate of drug-likeness (QED) is 0.764.